The van der Waals surface area contributed by atoms with Crippen LogP contribution in [-0.4, -0.2) is 30.9 Å². The summed E-state index contributed by atoms with van der Waals surface area (Å²) in [5, 5.41) is 3.66. The molecular weight excluding hydrogens is 537 g/mol. The Kier molecular flexibility index (Phi) is 9.56. The molecule has 0 saturated heterocycles. The second-order valence-electron chi connectivity index (χ2n) is 8.45. The molecule has 4 rings (SSSR count). The molecule has 3 N–H and O–H groups in total. The summed E-state index contributed by atoms with van der Waals surface area (Å²) in [6.45, 7) is 2.02. The van der Waals surface area contributed by atoms with E-state index in [2.05, 4.69) is 5.32 Å². The number of esters is 1. The van der Waals surface area contributed by atoms with Gasteiger partial charge in [0.2, 0.25) is 0 Å². The third kappa shape index (κ3) is 6.43. The first-order chi connectivity index (χ1) is 17.3. The van der Waals surface area contributed by atoms with E-state index in [9.17, 15) is 14.4 Å². The smallest absolute Gasteiger partial charge is 0.320 e. The first kappa shape index (κ1) is 28.5. The molecule has 1 unspecified atom stereocenters. The van der Waals surface area contributed by atoms with E-state index in [0.717, 1.165) is 0 Å². The van der Waals surface area contributed by atoms with E-state index >= 15 is 0 Å². The van der Waals surface area contributed by atoms with E-state index in [1.807, 2.05) is 6.92 Å². The highest BCUT2D eigenvalue weighted by Crippen LogP contribution is 2.38. The number of nitrogens with two attached hydrogens (primary N) is 1. The van der Waals surface area contributed by atoms with Crippen molar-refractivity contribution in [3.63, 3.8) is 0 Å². The van der Waals surface area contributed by atoms with E-state index < -0.39 is 12.1 Å². The van der Waals surface area contributed by atoms with Gasteiger partial charge in [0.15, 0.2) is 0 Å². The van der Waals surface area contributed by atoms with Crippen LogP contribution in [-0.2, 0) is 9.53 Å². The number of hydrogen-bond donors (Lipinski definition) is 2. The maximum absolute atomic E-state index is 13.7. The predicted octanol–water partition coefficient (Wildman–Crippen LogP) is 5.96. The molecule has 1 heterocycles. The number of anilines is 2. The predicted molar refractivity (Wildman–Crippen MR) is 148 cm³/mol. The zero-order valence-electron chi connectivity index (χ0n) is 20.0. The Hall–Kier alpha value is -3.10. The summed E-state index contributed by atoms with van der Waals surface area (Å²) >= 11 is 12.4. The number of ether oxygens (including phenoxy) is 1. The number of benzene rings is 3. The third-order valence-electron chi connectivity index (χ3n) is 5.99. The molecular formula is C27H26Cl3N3O4. The number of fused-ring (bicyclic) bond motifs is 1. The van der Waals surface area contributed by atoms with Crippen molar-refractivity contribution < 1.29 is 19.1 Å². The molecule has 0 fully saturated rings. The lowest BCUT2D eigenvalue weighted by molar-refractivity contribution is -0.148. The van der Waals surface area contributed by atoms with Crippen molar-refractivity contribution in [2.75, 3.05) is 23.3 Å². The number of hydrogen-bond acceptors (Lipinski definition) is 5. The highest BCUT2D eigenvalue weighted by molar-refractivity contribution is 6.34. The van der Waals surface area contributed by atoms with Gasteiger partial charge in [-0.15, -0.1) is 12.4 Å². The summed E-state index contributed by atoms with van der Waals surface area (Å²) < 4.78 is 5.55. The topological polar surface area (TPSA) is 102 Å². The van der Waals surface area contributed by atoms with Gasteiger partial charge in [0.05, 0.1) is 22.8 Å². The van der Waals surface area contributed by atoms with Crippen molar-refractivity contribution in [1.29, 1.82) is 0 Å². The Morgan fingerprint density at radius 3 is 2.51 bits per heavy atom. The van der Waals surface area contributed by atoms with Crippen LogP contribution in [0.4, 0.5) is 11.4 Å². The van der Waals surface area contributed by atoms with Crippen LogP contribution in [0.25, 0.3) is 0 Å². The van der Waals surface area contributed by atoms with E-state index in [-0.39, 0.29) is 30.8 Å². The maximum atomic E-state index is 13.7. The molecule has 0 radical (unpaired) electrons. The number of halogens is 3. The normalized spacial score (nSPS) is 14.6. The number of aryl methyl sites for hydroxylation is 1. The summed E-state index contributed by atoms with van der Waals surface area (Å²) in [5.41, 5.74) is 8.82. The van der Waals surface area contributed by atoms with Crippen molar-refractivity contribution in [2.45, 2.75) is 25.9 Å². The highest BCUT2D eigenvalue weighted by Gasteiger charge is 2.30. The second kappa shape index (κ2) is 12.4. The number of carbonyl (C=O) groups excluding carboxylic acids is 3. The molecule has 0 saturated carbocycles. The van der Waals surface area contributed by atoms with Gasteiger partial charge in [0.25, 0.3) is 11.8 Å². The van der Waals surface area contributed by atoms with Crippen molar-refractivity contribution >= 4 is 64.8 Å². The summed E-state index contributed by atoms with van der Waals surface area (Å²) in [7, 11) is 0. The van der Waals surface area contributed by atoms with Crippen LogP contribution in [0.3, 0.4) is 0 Å². The molecule has 0 spiro atoms. The Labute approximate surface area is 231 Å². The van der Waals surface area contributed by atoms with E-state index in [0.29, 0.717) is 63.1 Å². The van der Waals surface area contributed by atoms with Crippen LogP contribution < -0.4 is 16.0 Å². The molecule has 10 heteroatoms. The van der Waals surface area contributed by atoms with Crippen molar-refractivity contribution in [3.05, 3.63) is 93.0 Å². The lowest BCUT2D eigenvalue weighted by Gasteiger charge is -2.25. The monoisotopic (exact) mass is 561 g/mol. The van der Waals surface area contributed by atoms with Gasteiger partial charge in [-0.25, -0.2) is 0 Å². The fourth-order valence-electron chi connectivity index (χ4n) is 4.25. The average Bonchev–Trinajstić information content (AvgIpc) is 3.03. The molecule has 0 aromatic heterocycles. The van der Waals surface area contributed by atoms with Crippen molar-refractivity contribution in [2.24, 2.45) is 5.73 Å². The molecule has 1 atom stereocenters. The number of amides is 2. The molecule has 0 bridgehead atoms. The fraction of sp³-hybridized carbons (Fsp3) is 0.222. The zero-order valence-corrected chi connectivity index (χ0v) is 22.3. The Morgan fingerprint density at radius 1 is 1.05 bits per heavy atom. The largest absolute Gasteiger partial charge is 0.456 e. The molecule has 1 aliphatic rings. The number of rotatable bonds is 5. The Morgan fingerprint density at radius 2 is 1.81 bits per heavy atom. The lowest BCUT2D eigenvalue weighted by Crippen LogP contribution is -2.32. The van der Waals surface area contributed by atoms with Crippen LogP contribution in [0.2, 0.25) is 10.0 Å². The summed E-state index contributed by atoms with van der Waals surface area (Å²) in [6.07, 6.45) is 0.608. The highest BCUT2D eigenvalue weighted by atomic mass is 35.5. The molecule has 3 aromatic carbocycles. The van der Waals surface area contributed by atoms with Gasteiger partial charge in [0.1, 0.15) is 6.10 Å². The summed E-state index contributed by atoms with van der Waals surface area (Å²) in [4.78, 5) is 39.8. The minimum Gasteiger partial charge on any atom is -0.456 e. The molecule has 0 aliphatic carbocycles. The molecule has 7 nitrogen and oxygen atoms in total. The van der Waals surface area contributed by atoms with Gasteiger partial charge >= 0.3 is 5.97 Å². The summed E-state index contributed by atoms with van der Waals surface area (Å²) in [5.74, 6) is -1.06. The van der Waals surface area contributed by atoms with Gasteiger partial charge < -0.3 is 20.7 Å². The van der Waals surface area contributed by atoms with E-state index in [1.165, 1.54) is 0 Å². The SMILES string of the molecule is Cc1cc(NC(=O)c2ccccc2Cl)ccc1C(=O)N1CCCC(OC(=O)CN)c2cc(Cl)ccc21.Cl. The minimum atomic E-state index is -0.545. The second-order valence-corrected chi connectivity index (χ2v) is 9.29. The quantitative estimate of drug-likeness (QED) is 0.374. The van der Waals surface area contributed by atoms with E-state index in [4.69, 9.17) is 33.7 Å². The Balaban J connectivity index is 0.00000380. The molecule has 194 valence electrons. The van der Waals surface area contributed by atoms with Crippen LogP contribution in [0.15, 0.2) is 60.7 Å². The van der Waals surface area contributed by atoms with Gasteiger partial charge in [-0.3, -0.25) is 14.4 Å². The number of carbonyl (C=O) groups is 3. The van der Waals surface area contributed by atoms with Crippen LogP contribution >= 0.6 is 35.6 Å². The molecule has 1 aliphatic heterocycles. The van der Waals surface area contributed by atoms with Crippen LogP contribution in [0, 0.1) is 6.92 Å². The molecule has 3 aromatic rings. The Bertz CT molecular complexity index is 1330. The minimum absolute atomic E-state index is 0. The first-order valence-corrected chi connectivity index (χ1v) is 12.2. The third-order valence-corrected chi connectivity index (χ3v) is 6.56. The molecule has 37 heavy (non-hydrogen) atoms. The lowest BCUT2D eigenvalue weighted by atomic mass is 10.0. The molecule has 2 amide bonds. The van der Waals surface area contributed by atoms with Crippen molar-refractivity contribution in [1.82, 2.24) is 0 Å². The number of nitrogens with one attached hydrogen (secondary N) is 1. The van der Waals surface area contributed by atoms with Gasteiger partial charge in [0, 0.05) is 28.4 Å². The first-order valence-electron chi connectivity index (χ1n) is 11.5. The van der Waals surface area contributed by atoms with Crippen molar-refractivity contribution in [3.8, 4) is 0 Å². The van der Waals surface area contributed by atoms with Gasteiger partial charge in [-0.2, -0.15) is 0 Å². The van der Waals surface area contributed by atoms with Crippen LogP contribution in [0.5, 0.6) is 0 Å². The van der Waals surface area contributed by atoms with Gasteiger partial charge in [-0.05, 0) is 73.9 Å². The fourth-order valence-corrected chi connectivity index (χ4v) is 4.65. The summed E-state index contributed by atoms with van der Waals surface area (Å²) in [6, 6.07) is 17.1. The maximum Gasteiger partial charge on any atom is 0.320 e. The van der Waals surface area contributed by atoms with Gasteiger partial charge in [-0.1, -0.05) is 35.3 Å². The standard InChI is InChI=1S/C27H25Cl2N3O4.ClH/c1-16-13-18(31-26(34)20-5-2-3-6-22(20)29)9-10-19(16)27(35)32-12-4-7-24(36-25(33)15-30)21-14-17(28)8-11-23(21)32;/h2-3,5-6,8-11,13-14,24H,4,7,12,15,30H2,1H3,(H,31,34);1H. The van der Waals surface area contributed by atoms with Crippen LogP contribution in [0.1, 0.15) is 50.8 Å². The van der Waals surface area contributed by atoms with E-state index in [1.54, 1.807) is 65.6 Å². The average molecular weight is 563 g/mol. The zero-order chi connectivity index (χ0) is 25.8. The number of nitrogens with zero attached hydrogens (tertiary/aromatic N) is 1.